The van der Waals surface area contributed by atoms with Crippen molar-refractivity contribution in [3.8, 4) is 0 Å². The van der Waals surface area contributed by atoms with Crippen molar-refractivity contribution in [2.75, 3.05) is 12.4 Å². The van der Waals surface area contributed by atoms with Crippen molar-refractivity contribution in [3.05, 3.63) is 29.8 Å². The molecular formula is C15H19N3O3. The zero-order valence-electron chi connectivity index (χ0n) is 12.3. The zero-order valence-corrected chi connectivity index (χ0v) is 12.3. The van der Waals surface area contributed by atoms with Gasteiger partial charge in [0, 0.05) is 12.7 Å². The van der Waals surface area contributed by atoms with Crippen LogP contribution in [0.25, 0.3) is 0 Å². The lowest BCUT2D eigenvalue weighted by Crippen LogP contribution is -2.47. The minimum Gasteiger partial charge on any atom is -0.325 e. The molecule has 21 heavy (non-hydrogen) atoms. The van der Waals surface area contributed by atoms with Gasteiger partial charge in [0.05, 0.1) is 18.5 Å². The van der Waals surface area contributed by atoms with Gasteiger partial charge in [-0.15, -0.1) is 0 Å². The Bertz CT molecular complexity index is 568. The number of likely N-dealkylation sites (tertiary alicyclic amines) is 1. The van der Waals surface area contributed by atoms with Crippen molar-refractivity contribution >= 4 is 23.4 Å². The van der Waals surface area contributed by atoms with E-state index in [-0.39, 0.29) is 24.1 Å². The summed E-state index contributed by atoms with van der Waals surface area (Å²) in [4.78, 5) is 36.4. The predicted octanol–water partition coefficient (Wildman–Crippen LogP) is 0.669. The maximum atomic E-state index is 12.1. The third-order valence-electron chi connectivity index (χ3n) is 3.55. The van der Waals surface area contributed by atoms with Crippen LogP contribution in [0.3, 0.4) is 0 Å². The Morgan fingerprint density at radius 3 is 2.43 bits per heavy atom. The Morgan fingerprint density at radius 2 is 1.90 bits per heavy atom. The molecule has 1 aromatic carbocycles. The molecule has 1 aliphatic rings. The lowest BCUT2D eigenvalue weighted by atomic mass is 10.2. The van der Waals surface area contributed by atoms with Crippen molar-refractivity contribution < 1.29 is 14.4 Å². The minimum atomic E-state index is -0.624. The predicted molar refractivity (Wildman–Crippen MR) is 78.6 cm³/mol. The number of rotatable bonds is 4. The number of aryl methyl sites for hydroxylation is 1. The second kappa shape index (κ2) is 6.05. The van der Waals surface area contributed by atoms with Gasteiger partial charge in [0.25, 0.3) is 0 Å². The summed E-state index contributed by atoms with van der Waals surface area (Å²) >= 11 is 0. The van der Waals surface area contributed by atoms with Crippen LogP contribution in [0.4, 0.5) is 5.69 Å². The van der Waals surface area contributed by atoms with E-state index in [0.29, 0.717) is 5.69 Å². The van der Waals surface area contributed by atoms with Crippen LogP contribution in [0, 0.1) is 6.92 Å². The van der Waals surface area contributed by atoms with Crippen LogP contribution < -0.4 is 10.6 Å². The second-order valence-corrected chi connectivity index (χ2v) is 5.29. The summed E-state index contributed by atoms with van der Waals surface area (Å²) in [6.45, 7) is 3.63. The molecule has 2 atom stereocenters. The normalized spacial score (nSPS) is 19.8. The molecule has 1 heterocycles. The van der Waals surface area contributed by atoms with E-state index in [2.05, 4.69) is 10.6 Å². The summed E-state index contributed by atoms with van der Waals surface area (Å²) in [5, 5.41) is 5.67. The number of hydrogen-bond donors (Lipinski definition) is 2. The van der Waals surface area contributed by atoms with Crippen LogP contribution in [-0.4, -0.2) is 41.8 Å². The summed E-state index contributed by atoms with van der Waals surface area (Å²) in [6, 6.07) is 6.25. The molecule has 1 fully saturated rings. The highest BCUT2D eigenvalue weighted by molar-refractivity contribution is 6.05. The average molecular weight is 289 g/mol. The SMILES string of the molecule is Cc1ccc(NC(=O)C(C)NC2CC(=O)N(C)C2=O)cc1. The second-order valence-electron chi connectivity index (χ2n) is 5.29. The van der Waals surface area contributed by atoms with Gasteiger partial charge >= 0.3 is 0 Å². The number of anilines is 1. The van der Waals surface area contributed by atoms with Crippen molar-refractivity contribution in [2.45, 2.75) is 32.4 Å². The van der Waals surface area contributed by atoms with Gasteiger partial charge in [0.2, 0.25) is 17.7 Å². The number of nitrogens with one attached hydrogen (secondary N) is 2. The molecule has 1 aliphatic heterocycles. The monoisotopic (exact) mass is 289 g/mol. The van der Waals surface area contributed by atoms with Crippen LogP contribution in [0.2, 0.25) is 0 Å². The van der Waals surface area contributed by atoms with Gasteiger partial charge < -0.3 is 5.32 Å². The first-order valence-electron chi connectivity index (χ1n) is 6.82. The van der Waals surface area contributed by atoms with Crippen LogP contribution in [0.15, 0.2) is 24.3 Å². The van der Waals surface area contributed by atoms with E-state index in [1.54, 1.807) is 6.92 Å². The van der Waals surface area contributed by atoms with E-state index in [1.807, 2.05) is 31.2 Å². The highest BCUT2D eigenvalue weighted by atomic mass is 16.2. The Morgan fingerprint density at radius 1 is 1.29 bits per heavy atom. The Balaban J connectivity index is 1.92. The number of benzene rings is 1. The number of carbonyl (C=O) groups is 3. The van der Waals surface area contributed by atoms with E-state index in [1.165, 1.54) is 7.05 Å². The van der Waals surface area contributed by atoms with Gasteiger partial charge in [-0.05, 0) is 26.0 Å². The minimum absolute atomic E-state index is 0.0947. The van der Waals surface area contributed by atoms with Gasteiger partial charge in [-0.1, -0.05) is 17.7 Å². The molecule has 0 saturated carbocycles. The Kier molecular flexibility index (Phi) is 4.37. The maximum absolute atomic E-state index is 12.1. The Labute approximate surface area is 123 Å². The van der Waals surface area contributed by atoms with Crippen LogP contribution >= 0.6 is 0 Å². The Hall–Kier alpha value is -2.21. The molecule has 2 rings (SSSR count). The molecular weight excluding hydrogens is 270 g/mol. The number of carbonyl (C=O) groups excluding carboxylic acids is 3. The quantitative estimate of drug-likeness (QED) is 0.799. The fourth-order valence-corrected chi connectivity index (χ4v) is 2.15. The molecule has 3 amide bonds. The van der Waals surface area contributed by atoms with Gasteiger partial charge in [0.15, 0.2) is 0 Å². The molecule has 0 radical (unpaired) electrons. The molecule has 112 valence electrons. The number of imide groups is 1. The summed E-state index contributed by atoms with van der Waals surface area (Å²) in [6.07, 6.45) is 0.0947. The van der Waals surface area contributed by atoms with Gasteiger partial charge in [-0.2, -0.15) is 0 Å². The molecule has 6 heteroatoms. The highest BCUT2D eigenvalue weighted by Gasteiger charge is 2.37. The van der Waals surface area contributed by atoms with E-state index < -0.39 is 12.1 Å². The molecule has 1 saturated heterocycles. The van der Waals surface area contributed by atoms with Crippen molar-refractivity contribution in [1.82, 2.24) is 10.2 Å². The first kappa shape index (κ1) is 15.2. The molecule has 2 unspecified atom stereocenters. The van der Waals surface area contributed by atoms with Crippen LogP contribution in [-0.2, 0) is 14.4 Å². The molecule has 0 bridgehead atoms. The lowest BCUT2D eigenvalue weighted by molar-refractivity contribution is -0.137. The number of nitrogens with zero attached hydrogens (tertiary/aromatic N) is 1. The average Bonchev–Trinajstić information content (AvgIpc) is 2.69. The molecule has 6 nitrogen and oxygen atoms in total. The smallest absolute Gasteiger partial charge is 0.246 e. The van der Waals surface area contributed by atoms with Gasteiger partial charge in [-0.25, -0.2) is 0 Å². The maximum Gasteiger partial charge on any atom is 0.246 e. The summed E-state index contributed by atoms with van der Waals surface area (Å²) in [5.74, 6) is -0.771. The zero-order chi connectivity index (χ0) is 15.6. The largest absolute Gasteiger partial charge is 0.325 e. The topological polar surface area (TPSA) is 78.5 Å². The van der Waals surface area contributed by atoms with Crippen LogP contribution in [0.5, 0.6) is 0 Å². The first-order valence-corrected chi connectivity index (χ1v) is 6.82. The van der Waals surface area contributed by atoms with E-state index in [4.69, 9.17) is 0 Å². The fraction of sp³-hybridized carbons (Fsp3) is 0.400. The molecule has 0 aliphatic carbocycles. The van der Waals surface area contributed by atoms with Crippen molar-refractivity contribution in [1.29, 1.82) is 0 Å². The standard InChI is InChI=1S/C15H19N3O3/c1-9-4-6-11(7-5-9)17-14(20)10(2)16-12-8-13(19)18(3)15(12)21/h4-7,10,12,16H,8H2,1-3H3,(H,17,20). The number of hydrogen-bond acceptors (Lipinski definition) is 4. The summed E-state index contributed by atoms with van der Waals surface area (Å²) in [5.41, 5.74) is 1.81. The van der Waals surface area contributed by atoms with E-state index in [0.717, 1.165) is 10.5 Å². The lowest BCUT2D eigenvalue weighted by Gasteiger charge is -2.17. The van der Waals surface area contributed by atoms with Gasteiger partial charge in [0.1, 0.15) is 0 Å². The third-order valence-corrected chi connectivity index (χ3v) is 3.55. The molecule has 2 N–H and O–H groups in total. The summed E-state index contributed by atoms with van der Waals surface area (Å²) in [7, 11) is 1.45. The number of amides is 3. The van der Waals surface area contributed by atoms with Crippen molar-refractivity contribution in [2.24, 2.45) is 0 Å². The number of likely N-dealkylation sites (N-methyl/N-ethyl adjacent to an activating group) is 1. The third kappa shape index (κ3) is 3.46. The summed E-state index contributed by atoms with van der Waals surface area (Å²) < 4.78 is 0. The van der Waals surface area contributed by atoms with E-state index >= 15 is 0 Å². The molecule has 1 aromatic rings. The molecule has 0 spiro atoms. The first-order chi connectivity index (χ1) is 9.88. The fourth-order valence-electron chi connectivity index (χ4n) is 2.15. The van der Waals surface area contributed by atoms with Crippen molar-refractivity contribution in [3.63, 3.8) is 0 Å². The van der Waals surface area contributed by atoms with Gasteiger partial charge in [-0.3, -0.25) is 24.6 Å². The van der Waals surface area contributed by atoms with Crippen LogP contribution in [0.1, 0.15) is 18.9 Å². The highest BCUT2D eigenvalue weighted by Crippen LogP contribution is 2.12. The van der Waals surface area contributed by atoms with E-state index in [9.17, 15) is 14.4 Å². The molecule has 0 aromatic heterocycles.